The Balaban J connectivity index is 1.74. The molecular weight excluding hydrogens is 320 g/mol. The monoisotopic (exact) mass is 338 g/mol. The van der Waals surface area contributed by atoms with Crippen molar-refractivity contribution in [3.05, 3.63) is 53.1 Å². The summed E-state index contributed by atoms with van der Waals surface area (Å²) in [6, 6.07) is 13.6. The molecule has 5 heteroatoms. The molecule has 4 rings (SSSR count). The van der Waals surface area contributed by atoms with E-state index in [2.05, 4.69) is 4.90 Å². The molecule has 0 spiro atoms. The van der Waals surface area contributed by atoms with Crippen LogP contribution in [0, 0.1) is 0 Å². The van der Waals surface area contributed by atoms with Gasteiger partial charge < -0.3 is 4.90 Å². The fourth-order valence-corrected chi connectivity index (χ4v) is 4.34. The molecule has 24 heavy (non-hydrogen) atoms. The summed E-state index contributed by atoms with van der Waals surface area (Å²) in [6.07, 6.45) is 3.07. The number of likely N-dealkylation sites (tertiary alicyclic amines) is 1. The van der Waals surface area contributed by atoms with Crippen LogP contribution in [0.1, 0.15) is 19.3 Å². The Kier molecular flexibility index (Phi) is 3.81. The predicted molar refractivity (Wildman–Crippen MR) is 97.9 cm³/mol. The van der Waals surface area contributed by atoms with E-state index in [9.17, 15) is 9.59 Å². The Morgan fingerprint density at radius 1 is 1.00 bits per heavy atom. The zero-order valence-corrected chi connectivity index (χ0v) is 14.3. The molecule has 2 amide bonds. The number of carbonyl (C=O) groups excluding carboxylic acids is 2. The number of amides is 2. The van der Waals surface area contributed by atoms with Crippen LogP contribution in [-0.2, 0) is 4.79 Å². The van der Waals surface area contributed by atoms with E-state index >= 15 is 0 Å². The van der Waals surface area contributed by atoms with Crippen LogP contribution in [-0.4, -0.2) is 29.6 Å². The van der Waals surface area contributed by atoms with Gasteiger partial charge in [0.1, 0.15) is 4.91 Å². The van der Waals surface area contributed by atoms with Crippen molar-refractivity contribution < 1.29 is 9.59 Å². The van der Waals surface area contributed by atoms with Crippen molar-refractivity contribution in [1.82, 2.24) is 4.90 Å². The molecule has 2 aliphatic rings. The van der Waals surface area contributed by atoms with E-state index in [0.717, 1.165) is 54.0 Å². The number of carbonyl (C=O) groups is 2. The lowest BCUT2D eigenvalue weighted by molar-refractivity contribution is -0.113. The summed E-state index contributed by atoms with van der Waals surface area (Å²) in [5.74, 6) is -0.191. The van der Waals surface area contributed by atoms with Crippen molar-refractivity contribution in [2.45, 2.75) is 19.3 Å². The maximum atomic E-state index is 12.9. The largest absolute Gasteiger partial charge is 0.377 e. The van der Waals surface area contributed by atoms with Crippen molar-refractivity contribution in [2.75, 3.05) is 18.5 Å². The molecule has 0 bridgehead atoms. The lowest BCUT2D eigenvalue weighted by Gasteiger charge is -2.28. The Bertz CT molecular complexity index is 875. The number of piperidine rings is 1. The number of fused-ring (bicyclic) bond motifs is 1. The highest BCUT2D eigenvalue weighted by molar-refractivity contribution is 8.18. The van der Waals surface area contributed by atoms with Crippen molar-refractivity contribution in [3.8, 4) is 0 Å². The maximum Gasteiger partial charge on any atom is 0.298 e. The van der Waals surface area contributed by atoms with Gasteiger partial charge in [-0.05, 0) is 53.9 Å². The summed E-state index contributed by atoms with van der Waals surface area (Å²) < 4.78 is 0. The highest BCUT2D eigenvalue weighted by atomic mass is 32.2. The molecule has 0 unspecified atom stereocenters. The molecule has 0 aromatic heterocycles. The third-order valence-corrected chi connectivity index (χ3v) is 5.61. The van der Waals surface area contributed by atoms with E-state index in [1.807, 2.05) is 49.5 Å². The second kappa shape index (κ2) is 5.98. The average molecular weight is 338 g/mol. The molecule has 0 radical (unpaired) electrons. The van der Waals surface area contributed by atoms with Gasteiger partial charge in [-0.1, -0.05) is 30.3 Å². The zero-order chi connectivity index (χ0) is 16.7. The van der Waals surface area contributed by atoms with E-state index < -0.39 is 0 Å². The number of nitrogens with zero attached hydrogens (tertiary/aromatic N) is 2. The van der Waals surface area contributed by atoms with E-state index in [1.165, 1.54) is 4.90 Å². The third kappa shape index (κ3) is 2.49. The molecule has 2 heterocycles. The van der Waals surface area contributed by atoms with Crippen LogP contribution in [0.2, 0.25) is 0 Å². The first kappa shape index (κ1) is 15.3. The Morgan fingerprint density at radius 2 is 1.79 bits per heavy atom. The molecule has 122 valence electrons. The van der Waals surface area contributed by atoms with Crippen molar-refractivity contribution in [1.29, 1.82) is 0 Å². The summed E-state index contributed by atoms with van der Waals surface area (Å²) in [5, 5.41) is 1.91. The fourth-order valence-electron chi connectivity index (χ4n) is 3.34. The summed E-state index contributed by atoms with van der Waals surface area (Å²) in [5.41, 5.74) is 1.65. The number of imide groups is 1. The van der Waals surface area contributed by atoms with E-state index in [-0.39, 0.29) is 11.1 Å². The van der Waals surface area contributed by atoms with Crippen molar-refractivity contribution >= 4 is 39.4 Å². The highest BCUT2D eigenvalue weighted by Crippen LogP contribution is 2.39. The molecule has 2 aliphatic heterocycles. The summed E-state index contributed by atoms with van der Waals surface area (Å²) in [6.45, 7) is 0.941. The van der Waals surface area contributed by atoms with Gasteiger partial charge in [-0.25, -0.2) is 4.90 Å². The molecule has 2 aromatic rings. The molecule has 0 atom stereocenters. The molecule has 2 saturated heterocycles. The normalized spacial score (nSPS) is 21.9. The first-order chi connectivity index (χ1) is 11.6. The molecular formula is C19H18N2O2S. The van der Waals surface area contributed by atoms with E-state index in [1.54, 1.807) is 0 Å². The van der Waals surface area contributed by atoms with Gasteiger partial charge in [0.2, 0.25) is 0 Å². The van der Waals surface area contributed by atoms with Gasteiger partial charge in [-0.2, -0.15) is 0 Å². The Labute approximate surface area is 145 Å². The topological polar surface area (TPSA) is 40.6 Å². The maximum absolute atomic E-state index is 12.9. The SMILES string of the molecule is CN1CCCC/C1=C1\SC(=O)N(c2ccc3ccccc3c2)C1=O. The molecule has 2 aromatic carbocycles. The minimum Gasteiger partial charge on any atom is -0.377 e. The minimum absolute atomic E-state index is 0.191. The van der Waals surface area contributed by atoms with Gasteiger partial charge in [0.15, 0.2) is 0 Å². The van der Waals surface area contributed by atoms with Crippen LogP contribution < -0.4 is 4.90 Å². The quantitative estimate of drug-likeness (QED) is 0.724. The first-order valence-corrected chi connectivity index (χ1v) is 8.96. The Morgan fingerprint density at radius 3 is 2.58 bits per heavy atom. The number of thioether (sulfide) groups is 1. The Hall–Kier alpha value is -2.27. The number of rotatable bonds is 1. The second-order valence-corrected chi connectivity index (χ2v) is 7.16. The van der Waals surface area contributed by atoms with Gasteiger partial charge in [0.05, 0.1) is 5.69 Å². The summed E-state index contributed by atoms with van der Waals surface area (Å²) in [7, 11) is 2.00. The standard InChI is InChI=1S/C19H18N2O2S/c1-20-11-5-4-8-16(20)17-18(22)21(19(23)24-17)15-10-9-13-6-2-3-7-14(13)12-15/h2-3,6-7,9-10,12H,4-5,8,11H2,1H3/b17-16+. The lowest BCUT2D eigenvalue weighted by Crippen LogP contribution is -2.30. The van der Waals surface area contributed by atoms with Gasteiger partial charge in [-0.3, -0.25) is 9.59 Å². The van der Waals surface area contributed by atoms with Gasteiger partial charge in [-0.15, -0.1) is 0 Å². The number of benzene rings is 2. The van der Waals surface area contributed by atoms with Gasteiger partial charge >= 0.3 is 0 Å². The van der Waals surface area contributed by atoms with Crippen molar-refractivity contribution in [2.24, 2.45) is 0 Å². The third-order valence-electron chi connectivity index (χ3n) is 4.64. The van der Waals surface area contributed by atoms with Crippen LogP contribution in [0.4, 0.5) is 10.5 Å². The van der Waals surface area contributed by atoms with Crippen molar-refractivity contribution in [3.63, 3.8) is 0 Å². The molecule has 4 nitrogen and oxygen atoms in total. The van der Waals surface area contributed by atoms with Gasteiger partial charge in [0.25, 0.3) is 11.1 Å². The van der Waals surface area contributed by atoms with E-state index in [4.69, 9.17) is 0 Å². The smallest absolute Gasteiger partial charge is 0.298 e. The van der Waals surface area contributed by atoms with Crippen LogP contribution >= 0.6 is 11.8 Å². The fraction of sp³-hybridized carbons (Fsp3) is 0.263. The number of hydrogen-bond acceptors (Lipinski definition) is 4. The summed E-state index contributed by atoms with van der Waals surface area (Å²) in [4.78, 5) is 29.4. The second-order valence-electron chi connectivity index (χ2n) is 6.19. The predicted octanol–water partition coefficient (Wildman–Crippen LogP) is 4.37. The molecule has 2 fully saturated rings. The first-order valence-electron chi connectivity index (χ1n) is 8.14. The van der Waals surface area contributed by atoms with Crippen LogP contribution in [0.25, 0.3) is 10.8 Å². The average Bonchev–Trinajstić information content (AvgIpc) is 2.89. The highest BCUT2D eigenvalue weighted by Gasteiger charge is 2.39. The van der Waals surface area contributed by atoms with Gasteiger partial charge in [0, 0.05) is 19.3 Å². The zero-order valence-electron chi connectivity index (χ0n) is 13.5. The van der Waals surface area contributed by atoms with Crippen LogP contribution in [0.5, 0.6) is 0 Å². The van der Waals surface area contributed by atoms with Crippen LogP contribution in [0.3, 0.4) is 0 Å². The molecule has 0 N–H and O–H groups in total. The molecule has 0 aliphatic carbocycles. The minimum atomic E-state index is -0.211. The van der Waals surface area contributed by atoms with Crippen LogP contribution in [0.15, 0.2) is 53.1 Å². The number of allylic oxidation sites excluding steroid dienone is 1. The summed E-state index contributed by atoms with van der Waals surface area (Å²) >= 11 is 1.07. The molecule has 0 saturated carbocycles. The number of hydrogen-bond donors (Lipinski definition) is 0. The lowest BCUT2D eigenvalue weighted by atomic mass is 10.1. The van der Waals surface area contributed by atoms with E-state index in [0.29, 0.717) is 10.6 Å². The number of anilines is 1.